The van der Waals surface area contributed by atoms with Crippen molar-refractivity contribution in [2.45, 2.75) is 115 Å². The van der Waals surface area contributed by atoms with E-state index in [1.807, 2.05) is 43.4 Å². The van der Waals surface area contributed by atoms with Gasteiger partial charge < -0.3 is 19.3 Å². The molecule has 2 aromatic rings. The fourth-order valence-electron chi connectivity index (χ4n) is 5.06. The summed E-state index contributed by atoms with van der Waals surface area (Å²) in [5, 5.41) is 0.433. The van der Waals surface area contributed by atoms with Gasteiger partial charge in [0, 0.05) is 11.8 Å². The molecule has 14 heteroatoms. The monoisotopic (exact) mass is 679 g/mol. The number of hydrogen-bond donors (Lipinski definition) is 1. The molecule has 2 aliphatic rings. The zero-order valence-corrected chi connectivity index (χ0v) is 31.2. The first-order valence-electron chi connectivity index (χ1n) is 15.2. The lowest BCUT2D eigenvalue weighted by molar-refractivity contribution is -0.0567. The van der Waals surface area contributed by atoms with E-state index in [1.165, 1.54) is 10.8 Å². The van der Waals surface area contributed by atoms with E-state index in [9.17, 15) is 18.0 Å². The average Bonchev–Trinajstić information content (AvgIpc) is 3.33. The van der Waals surface area contributed by atoms with Crippen LogP contribution in [0.15, 0.2) is 57.2 Å². The van der Waals surface area contributed by atoms with Gasteiger partial charge in [0.15, 0.2) is 28.5 Å². The van der Waals surface area contributed by atoms with Crippen LogP contribution in [-0.2, 0) is 34.4 Å². The van der Waals surface area contributed by atoms with Gasteiger partial charge in [-0.3, -0.25) is 13.9 Å². The van der Waals surface area contributed by atoms with Gasteiger partial charge in [-0.2, -0.15) is 8.42 Å². The molecule has 1 aromatic carbocycles. The van der Waals surface area contributed by atoms with Crippen molar-refractivity contribution in [3.8, 4) is 0 Å². The van der Waals surface area contributed by atoms with Crippen LogP contribution in [0.5, 0.6) is 0 Å². The molecule has 0 amide bonds. The lowest BCUT2D eigenvalue weighted by Crippen LogP contribution is -2.59. The molecule has 2 unspecified atom stereocenters. The van der Waals surface area contributed by atoms with E-state index < -0.39 is 62.0 Å². The van der Waals surface area contributed by atoms with E-state index in [0.717, 1.165) is 15.5 Å². The number of ether oxygens (including phenoxy) is 1. The summed E-state index contributed by atoms with van der Waals surface area (Å²) in [6.45, 7) is 22.3. The highest BCUT2D eigenvalue weighted by atomic mass is 32.2. The van der Waals surface area contributed by atoms with E-state index in [-0.39, 0.29) is 28.9 Å². The van der Waals surface area contributed by atoms with Crippen molar-refractivity contribution in [3.63, 3.8) is 0 Å². The Balaban J connectivity index is 1.94. The van der Waals surface area contributed by atoms with Crippen LogP contribution in [0.2, 0.25) is 36.3 Å². The summed E-state index contributed by atoms with van der Waals surface area (Å²) in [4.78, 5) is 27.5. The molecule has 4 atom stereocenters. The van der Waals surface area contributed by atoms with Gasteiger partial charge in [-0.1, -0.05) is 71.9 Å². The maximum Gasteiger partial charge on any atom is 0.333 e. The Hall–Kier alpha value is -2.34. The molecule has 0 radical (unpaired) electrons. The van der Waals surface area contributed by atoms with E-state index >= 15 is 0 Å². The highest BCUT2D eigenvalue weighted by Gasteiger charge is 2.67. The van der Waals surface area contributed by atoms with Crippen LogP contribution in [0.1, 0.15) is 58.9 Å². The molecule has 0 saturated carbocycles. The molecular formula is C31H49N3O8SSi2. The molecule has 45 heavy (non-hydrogen) atoms. The van der Waals surface area contributed by atoms with Crippen LogP contribution in [0.25, 0.3) is 0 Å². The Morgan fingerprint density at radius 1 is 0.978 bits per heavy atom. The molecule has 11 nitrogen and oxygen atoms in total. The topological polar surface area (TPSA) is 141 Å². The number of aromatic nitrogens is 2. The van der Waals surface area contributed by atoms with Crippen molar-refractivity contribution in [3.05, 3.63) is 79.6 Å². The molecule has 2 aliphatic heterocycles. The number of nitrogens with two attached hydrogens (primary N) is 1. The molecule has 1 fully saturated rings. The lowest BCUT2D eigenvalue weighted by Gasteiger charge is -2.43. The second-order valence-electron chi connectivity index (χ2n) is 15.2. The van der Waals surface area contributed by atoms with Crippen LogP contribution < -0.4 is 17.0 Å². The summed E-state index contributed by atoms with van der Waals surface area (Å²) in [6, 6.07) is 9.19. The van der Waals surface area contributed by atoms with Crippen molar-refractivity contribution >= 4 is 26.8 Å². The standard InChI is InChI=1S/C31H49N3O8SSi2/c1-21-17-34(28(36)33(26(21)35)18-22-15-13-12-14-16-22)27-25(41-45(10,11)30(5,6)7)31(23(32)20-43(37,38)42-31)24(40-27)19-39-44(8,9)29(2,3)4/h12-17,20,24-25,27H,18-19,32H2,1-11H3/t24?,25-,27+,31?/m0/s1. The molecule has 3 heterocycles. The van der Waals surface area contributed by atoms with Crippen molar-refractivity contribution in [2.75, 3.05) is 6.61 Å². The lowest BCUT2D eigenvalue weighted by atomic mass is 9.89. The summed E-state index contributed by atoms with van der Waals surface area (Å²) in [6.07, 6.45) is -1.98. The van der Waals surface area contributed by atoms with Crippen molar-refractivity contribution in [1.29, 1.82) is 0 Å². The predicted molar refractivity (Wildman–Crippen MR) is 179 cm³/mol. The van der Waals surface area contributed by atoms with Gasteiger partial charge >= 0.3 is 5.69 Å². The zero-order valence-electron chi connectivity index (χ0n) is 28.3. The average molecular weight is 680 g/mol. The van der Waals surface area contributed by atoms with Crippen LogP contribution in [0, 0.1) is 6.92 Å². The quantitative estimate of drug-likeness (QED) is 0.314. The maximum atomic E-state index is 14.2. The Morgan fingerprint density at radius 2 is 1.56 bits per heavy atom. The Labute approximate surface area is 268 Å². The molecule has 1 saturated heterocycles. The summed E-state index contributed by atoms with van der Waals surface area (Å²) in [5.41, 5.74) is 4.68. The van der Waals surface area contributed by atoms with Gasteiger partial charge in [0.2, 0.25) is 0 Å². The molecule has 0 bridgehead atoms. The molecular weight excluding hydrogens is 631 g/mol. The second-order valence-corrected chi connectivity index (χ2v) is 26.2. The summed E-state index contributed by atoms with van der Waals surface area (Å²) in [5.74, 6) is 0. The SMILES string of the molecule is Cc1cn([C@@H]2OC(CO[Si](C)(C)C(C)(C)C)C3(OS(=O)(=O)C=C3N)[C@H]2O[Si](C)(C)C(C)(C)C)c(=O)n(Cc2ccccc2)c1=O. The summed E-state index contributed by atoms with van der Waals surface area (Å²) in [7, 11) is -9.30. The van der Waals surface area contributed by atoms with Crippen molar-refractivity contribution in [1.82, 2.24) is 9.13 Å². The van der Waals surface area contributed by atoms with E-state index in [4.69, 9.17) is 23.5 Å². The van der Waals surface area contributed by atoms with Crippen LogP contribution in [0.3, 0.4) is 0 Å². The highest BCUT2D eigenvalue weighted by Crippen LogP contribution is 2.52. The molecule has 4 rings (SSSR count). The molecule has 2 N–H and O–H groups in total. The number of nitrogens with zero attached hydrogens (tertiary/aromatic N) is 2. The van der Waals surface area contributed by atoms with Crippen LogP contribution in [0.4, 0.5) is 0 Å². The fraction of sp³-hybridized carbons (Fsp3) is 0.613. The minimum atomic E-state index is -4.22. The number of benzene rings is 1. The fourth-order valence-corrected chi connectivity index (χ4v) is 8.57. The molecule has 1 spiro atoms. The van der Waals surface area contributed by atoms with E-state index in [2.05, 4.69) is 54.6 Å². The minimum Gasteiger partial charge on any atom is -0.414 e. The minimum absolute atomic E-state index is 0.0383. The largest absolute Gasteiger partial charge is 0.414 e. The summed E-state index contributed by atoms with van der Waals surface area (Å²) >= 11 is 0. The highest BCUT2D eigenvalue weighted by molar-refractivity contribution is 7.90. The van der Waals surface area contributed by atoms with Gasteiger partial charge in [-0.15, -0.1) is 0 Å². The van der Waals surface area contributed by atoms with Gasteiger partial charge in [0.05, 0.1) is 24.3 Å². The zero-order chi connectivity index (χ0) is 34.0. The molecule has 1 aromatic heterocycles. The third-order valence-electron chi connectivity index (χ3n) is 9.89. The maximum absolute atomic E-state index is 14.2. The smallest absolute Gasteiger partial charge is 0.333 e. The van der Waals surface area contributed by atoms with E-state index in [1.54, 1.807) is 6.92 Å². The first kappa shape index (κ1) is 35.5. The number of rotatable bonds is 8. The molecule has 250 valence electrons. The normalized spacial score (nSPS) is 25.6. The Bertz CT molecular complexity index is 1690. The van der Waals surface area contributed by atoms with Gasteiger partial charge in [-0.25, -0.2) is 8.98 Å². The van der Waals surface area contributed by atoms with Crippen LogP contribution in [-0.4, -0.2) is 58.6 Å². The van der Waals surface area contributed by atoms with Gasteiger partial charge in [0.25, 0.3) is 15.7 Å². The third kappa shape index (κ3) is 6.60. The number of hydrogen-bond acceptors (Lipinski definition) is 9. The molecule has 0 aliphatic carbocycles. The van der Waals surface area contributed by atoms with Crippen molar-refractivity contribution < 1.29 is 26.2 Å². The number of aryl methyl sites for hydroxylation is 1. The Morgan fingerprint density at radius 3 is 2.07 bits per heavy atom. The second kappa shape index (κ2) is 11.7. The van der Waals surface area contributed by atoms with E-state index in [0.29, 0.717) is 5.56 Å². The van der Waals surface area contributed by atoms with Gasteiger partial charge in [-0.05, 0) is 48.8 Å². The predicted octanol–water partition coefficient (Wildman–Crippen LogP) is 4.58. The van der Waals surface area contributed by atoms with Crippen LogP contribution >= 0.6 is 0 Å². The van der Waals surface area contributed by atoms with Gasteiger partial charge in [0.1, 0.15) is 12.2 Å². The third-order valence-corrected chi connectivity index (χ3v) is 19.9. The van der Waals surface area contributed by atoms with Crippen molar-refractivity contribution in [2.24, 2.45) is 5.73 Å². The summed E-state index contributed by atoms with van der Waals surface area (Å²) < 4.78 is 54.6. The Kier molecular flexibility index (Phi) is 9.25. The first-order valence-corrected chi connectivity index (χ1v) is 22.5. The first-order chi connectivity index (χ1) is 20.4.